The maximum atomic E-state index is 11.9. The van der Waals surface area contributed by atoms with Crippen molar-refractivity contribution in [3.8, 4) is 0 Å². The average molecular weight is 373 g/mol. The Hall–Kier alpha value is -2.61. The number of amides is 2. The first-order valence-electron chi connectivity index (χ1n) is 9.34. The quantitative estimate of drug-likeness (QED) is 0.729. The van der Waals surface area contributed by atoms with Crippen LogP contribution >= 0.6 is 0 Å². The third kappa shape index (κ3) is 5.19. The first-order valence-corrected chi connectivity index (χ1v) is 9.34. The number of oxazole rings is 1. The Balaban J connectivity index is 1.40. The Bertz CT molecular complexity index is 747. The van der Waals surface area contributed by atoms with E-state index in [2.05, 4.69) is 20.5 Å². The lowest BCUT2D eigenvalue weighted by Gasteiger charge is -2.30. The zero-order chi connectivity index (χ0) is 19.2. The van der Waals surface area contributed by atoms with E-state index in [-0.39, 0.29) is 0 Å². The summed E-state index contributed by atoms with van der Waals surface area (Å²) in [5.41, 5.74) is 1.66. The van der Waals surface area contributed by atoms with Gasteiger partial charge in [0.1, 0.15) is 5.52 Å². The van der Waals surface area contributed by atoms with Crippen molar-refractivity contribution in [1.82, 2.24) is 20.5 Å². The third-order valence-electron chi connectivity index (χ3n) is 4.77. The van der Waals surface area contributed by atoms with Crippen molar-refractivity contribution >= 4 is 28.9 Å². The van der Waals surface area contributed by atoms with Crippen molar-refractivity contribution in [1.29, 1.82) is 0 Å². The van der Waals surface area contributed by atoms with E-state index < -0.39 is 11.8 Å². The number of hydrogen-bond acceptors (Lipinski definition) is 6. The van der Waals surface area contributed by atoms with Gasteiger partial charge >= 0.3 is 11.8 Å². The number of rotatable bonds is 6. The second-order valence-corrected chi connectivity index (χ2v) is 7.16. The number of anilines is 1. The van der Waals surface area contributed by atoms with E-state index in [1.54, 1.807) is 0 Å². The summed E-state index contributed by atoms with van der Waals surface area (Å²) in [7, 11) is 3.83. The number of nitrogens with one attached hydrogen (secondary N) is 2. The summed E-state index contributed by atoms with van der Waals surface area (Å²) in [6.07, 6.45) is 1.84. The van der Waals surface area contributed by atoms with E-state index >= 15 is 0 Å². The molecule has 1 aromatic heterocycles. The molecule has 0 saturated carbocycles. The SMILES string of the molecule is CN(C)CCNC(=O)C(=O)NCC1CCN(c2nc3ccccc3o2)CC1. The van der Waals surface area contributed by atoms with Crippen molar-refractivity contribution in [2.24, 2.45) is 5.92 Å². The van der Waals surface area contributed by atoms with Crippen LogP contribution in [0.25, 0.3) is 11.1 Å². The Labute approximate surface area is 158 Å². The Kier molecular flexibility index (Phi) is 6.28. The van der Waals surface area contributed by atoms with Crippen LogP contribution in [-0.2, 0) is 9.59 Å². The van der Waals surface area contributed by atoms with Gasteiger partial charge in [-0.05, 0) is 45.0 Å². The Morgan fingerprint density at radius 1 is 1.19 bits per heavy atom. The van der Waals surface area contributed by atoms with Gasteiger partial charge in [-0.15, -0.1) is 0 Å². The summed E-state index contributed by atoms with van der Waals surface area (Å²) < 4.78 is 5.82. The van der Waals surface area contributed by atoms with Gasteiger partial charge in [0, 0.05) is 32.7 Å². The van der Waals surface area contributed by atoms with Crippen molar-refractivity contribution in [3.05, 3.63) is 24.3 Å². The number of benzene rings is 1. The third-order valence-corrected chi connectivity index (χ3v) is 4.77. The molecule has 146 valence electrons. The number of carbonyl (C=O) groups is 2. The van der Waals surface area contributed by atoms with Crippen LogP contribution in [0.2, 0.25) is 0 Å². The molecule has 2 N–H and O–H groups in total. The minimum absolute atomic E-state index is 0.351. The lowest BCUT2D eigenvalue weighted by atomic mass is 9.97. The monoisotopic (exact) mass is 373 g/mol. The van der Waals surface area contributed by atoms with Gasteiger partial charge in [-0.25, -0.2) is 0 Å². The molecule has 1 fully saturated rings. The molecule has 1 aliphatic rings. The number of aromatic nitrogens is 1. The fraction of sp³-hybridized carbons (Fsp3) is 0.526. The van der Waals surface area contributed by atoms with Gasteiger partial charge in [0.2, 0.25) is 0 Å². The maximum Gasteiger partial charge on any atom is 0.309 e. The average Bonchev–Trinajstić information content (AvgIpc) is 3.10. The first kappa shape index (κ1) is 19.2. The summed E-state index contributed by atoms with van der Waals surface area (Å²) in [5.74, 6) is -0.778. The van der Waals surface area contributed by atoms with Crippen LogP contribution in [0.5, 0.6) is 0 Å². The van der Waals surface area contributed by atoms with E-state index in [0.29, 0.717) is 31.6 Å². The molecule has 8 heteroatoms. The number of fused-ring (bicyclic) bond motifs is 1. The van der Waals surface area contributed by atoms with Crippen LogP contribution in [0.4, 0.5) is 6.01 Å². The largest absolute Gasteiger partial charge is 0.423 e. The van der Waals surface area contributed by atoms with Gasteiger partial charge in [0.05, 0.1) is 0 Å². The van der Waals surface area contributed by atoms with E-state index in [9.17, 15) is 9.59 Å². The zero-order valence-electron chi connectivity index (χ0n) is 15.9. The molecule has 2 heterocycles. The van der Waals surface area contributed by atoms with Gasteiger partial charge in [-0.2, -0.15) is 4.98 Å². The minimum Gasteiger partial charge on any atom is -0.423 e. The molecule has 27 heavy (non-hydrogen) atoms. The van der Waals surface area contributed by atoms with Crippen molar-refractivity contribution in [2.45, 2.75) is 12.8 Å². The highest BCUT2D eigenvalue weighted by molar-refractivity contribution is 6.35. The molecule has 0 aliphatic carbocycles. The lowest BCUT2D eigenvalue weighted by molar-refractivity contribution is -0.139. The van der Waals surface area contributed by atoms with E-state index in [1.165, 1.54) is 0 Å². The highest BCUT2D eigenvalue weighted by Gasteiger charge is 2.24. The van der Waals surface area contributed by atoms with E-state index in [4.69, 9.17) is 4.42 Å². The van der Waals surface area contributed by atoms with Gasteiger partial charge in [0.15, 0.2) is 5.58 Å². The molecule has 0 atom stereocenters. The van der Waals surface area contributed by atoms with Crippen molar-refractivity contribution < 1.29 is 14.0 Å². The van der Waals surface area contributed by atoms with Crippen LogP contribution in [0, 0.1) is 5.92 Å². The summed E-state index contributed by atoms with van der Waals surface area (Å²) >= 11 is 0. The van der Waals surface area contributed by atoms with E-state index in [1.807, 2.05) is 43.3 Å². The fourth-order valence-electron chi connectivity index (χ4n) is 3.11. The van der Waals surface area contributed by atoms with Crippen LogP contribution in [-0.4, -0.2) is 68.5 Å². The molecule has 0 bridgehead atoms. The topological polar surface area (TPSA) is 90.7 Å². The number of piperidine rings is 1. The highest BCUT2D eigenvalue weighted by Crippen LogP contribution is 2.25. The number of likely N-dealkylation sites (N-methyl/N-ethyl adjacent to an activating group) is 1. The van der Waals surface area contributed by atoms with Crippen LogP contribution in [0.1, 0.15) is 12.8 Å². The smallest absolute Gasteiger partial charge is 0.309 e. The van der Waals surface area contributed by atoms with Crippen LogP contribution in [0.3, 0.4) is 0 Å². The predicted octanol–water partition coefficient (Wildman–Crippen LogP) is 0.838. The first-order chi connectivity index (χ1) is 13.0. The summed E-state index contributed by atoms with van der Waals surface area (Å²) in [5, 5.41) is 5.37. The van der Waals surface area contributed by atoms with E-state index in [0.717, 1.165) is 37.0 Å². The Morgan fingerprint density at radius 2 is 1.89 bits per heavy atom. The molecule has 2 amide bonds. The zero-order valence-corrected chi connectivity index (χ0v) is 15.9. The summed E-state index contributed by atoms with van der Waals surface area (Å²) in [6.45, 7) is 3.32. The number of hydrogen-bond donors (Lipinski definition) is 2. The molecule has 0 unspecified atom stereocenters. The molecule has 1 aromatic carbocycles. The molecular formula is C19H27N5O3. The maximum absolute atomic E-state index is 11.9. The lowest BCUT2D eigenvalue weighted by Crippen LogP contribution is -2.45. The summed E-state index contributed by atoms with van der Waals surface area (Å²) in [6, 6.07) is 8.38. The summed E-state index contributed by atoms with van der Waals surface area (Å²) in [4.78, 5) is 32.2. The van der Waals surface area contributed by atoms with Crippen molar-refractivity contribution in [2.75, 3.05) is 51.7 Å². The molecule has 1 aliphatic heterocycles. The van der Waals surface area contributed by atoms with Crippen molar-refractivity contribution in [3.63, 3.8) is 0 Å². The molecule has 0 radical (unpaired) electrons. The van der Waals surface area contributed by atoms with Gasteiger partial charge in [-0.1, -0.05) is 12.1 Å². The van der Waals surface area contributed by atoms with Crippen LogP contribution < -0.4 is 15.5 Å². The van der Waals surface area contributed by atoms with Gasteiger partial charge in [0.25, 0.3) is 6.01 Å². The minimum atomic E-state index is -0.569. The highest BCUT2D eigenvalue weighted by atomic mass is 16.4. The number of nitrogens with zero attached hydrogens (tertiary/aromatic N) is 3. The standard InChI is InChI=1S/C19H27N5O3/c1-23(2)12-9-20-17(25)18(26)21-13-14-7-10-24(11-8-14)19-22-15-5-3-4-6-16(15)27-19/h3-6,14H,7-13H2,1-2H3,(H,20,25)(H,21,26). The molecule has 1 saturated heterocycles. The second kappa shape index (κ2) is 8.85. The molecule has 8 nitrogen and oxygen atoms in total. The predicted molar refractivity (Wildman–Crippen MR) is 104 cm³/mol. The molecule has 0 spiro atoms. The second-order valence-electron chi connectivity index (χ2n) is 7.16. The molecule has 3 rings (SSSR count). The Morgan fingerprint density at radius 3 is 2.59 bits per heavy atom. The van der Waals surface area contributed by atoms with Gasteiger partial charge < -0.3 is 24.9 Å². The fourth-order valence-corrected chi connectivity index (χ4v) is 3.11. The molecule has 2 aromatic rings. The number of carbonyl (C=O) groups excluding carboxylic acids is 2. The molecular weight excluding hydrogens is 346 g/mol. The normalized spacial score (nSPS) is 15.3. The number of para-hydroxylation sites is 2. The van der Waals surface area contributed by atoms with Crippen LogP contribution in [0.15, 0.2) is 28.7 Å². The van der Waals surface area contributed by atoms with Gasteiger partial charge in [-0.3, -0.25) is 9.59 Å².